The molecule has 0 unspecified atom stereocenters. The first-order valence-electron chi connectivity index (χ1n) is 9.53. The number of carbonyl (C=O) groups excluding carboxylic acids is 1. The molecule has 1 aliphatic heterocycles. The monoisotopic (exact) mass is 415 g/mol. The number of hydrogen-bond donors (Lipinski definition) is 1. The van der Waals surface area contributed by atoms with Crippen molar-refractivity contribution >= 4 is 26.8 Å². The van der Waals surface area contributed by atoms with E-state index in [0.29, 0.717) is 25.9 Å². The summed E-state index contributed by atoms with van der Waals surface area (Å²) in [5.41, 5.74) is 2.15. The van der Waals surface area contributed by atoms with Gasteiger partial charge in [-0.15, -0.1) is 0 Å². The summed E-state index contributed by atoms with van der Waals surface area (Å²) in [5, 5.41) is 1.12. The van der Waals surface area contributed by atoms with Crippen LogP contribution in [0.1, 0.15) is 12.0 Å². The molecule has 6 nitrogen and oxygen atoms in total. The van der Waals surface area contributed by atoms with Crippen LogP contribution in [-0.4, -0.2) is 54.7 Å². The fourth-order valence-corrected chi connectivity index (χ4v) is 5.15. The lowest BCUT2D eigenvalue weighted by Gasteiger charge is -2.34. The summed E-state index contributed by atoms with van der Waals surface area (Å²) >= 11 is 0. The molecule has 0 spiro atoms. The molecule has 0 bridgehead atoms. The number of carbonyl (C=O) groups is 1. The molecule has 3 aromatic rings. The van der Waals surface area contributed by atoms with Crippen LogP contribution in [0.4, 0.5) is 4.39 Å². The number of aromatic nitrogens is 1. The number of amides is 1. The first kappa shape index (κ1) is 19.6. The second kappa shape index (κ2) is 7.96. The van der Waals surface area contributed by atoms with Gasteiger partial charge in [0.1, 0.15) is 5.82 Å². The fourth-order valence-electron chi connectivity index (χ4n) is 3.69. The normalized spacial score (nSPS) is 15.7. The lowest BCUT2D eigenvalue weighted by atomic mass is 10.1. The molecule has 4 rings (SSSR count). The van der Waals surface area contributed by atoms with E-state index in [9.17, 15) is 17.6 Å². The Kier molecular flexibility index (Phi) is 5.38. The van der Waals surface area contributed by atoms with E-state index in [4.69, 9.17) is 0 Å². The highest BCUT2D eigenvalue weighted by Crippen LogP contribution is 2.21. The van der Waals surface area contributed by atoms with Crippen molar-refractivity contribution in [3.63, 3.8) is 0 Å². The highest BCUT2D eigenvalue weighted by atomic mass is 32.2. The van der Waals surface area contributed by atoms with Crippen molar-refractivity contribution in [2.75, 3.05) is 26.2 Å². The second-order valence-electron chi connectivity index (χ2n) is 7.10. The van der Waals surface area contributed by atoms with Crippen LogP contribution in [0.5, 0.6) is 0 Å². The Bertz CT molecular complexity index is 1130. The van der Waals surface area contributed by atoms with Crippen LogP contribution in [0.2, 0.25) is 0 Å². The van der Waals surface area contributed by atoms with Crippen LogP contribution in [0.3, 0.4) is 0 Å². The summed E-state index contributed by atoms with van der Waals surface area (Å²) in [5.74, 6) is -0.574. The Morgan fingerprint density at radius 3 is 2.55 bits per heavy atom. The molecule has 0 radical (unpaired) electrons. The number of piperazine rings is 1. The average Bonchev–Trinajstić information content (AvgIpc) is 3.15. The molecule has 152 valence electrons. The number of fused-ring (bicyclic) bond motifs is 1. The van der Waals surface area contributed by atoms with Crippen LogP contribution in [-0.2, 0) is 21.2 Å². The standard InChI is InChI=1S/C21H22FN3O3S/c22-17-4-3-5-18(14-17)29(27,28)25-12-10-24(11-13-25)21(26)9-8-16-15-23-20-7-2-1-6-19(16)20/h1-7,14-15,23H,8-13H2. The summed E-state index contributed by atoms with van der Waals surface area (Å²) in [7, 11) is -3.75. The van der Waals surface area contributed by atoms with E-state index >= 15 is 0 Å². The largest absolute Gasteiger partial charge is 0.361 e. The summed E-state index contributed by atoms with van der Waals surface area (Å²) in [6.45, 7) is 1.08. The molecule has 2 aromatic carbocycles. The molecule has 1 amide bonds. The Hall–Kier alpha value is -2.71. The van der Waals surface area contributed by atoms with Gasteiger partial charge in [0.15, 0.2) is 0 Å². The van der Waals surface area contributed by atoms with Gasteiger partial charge in [-0.1, -0.05) is 24.3 Å². The number of sulfonamides is 1. The highest BCUT2D eigenvalue weighted by molar-refractivity contribution is 7.89. The molecule has 0 atom stereocenters. The van der Waals surface area contributed by atoms with Crippen molar-refractivity contribution in [1.82, 2.24) is 14.2 Å². The van der Waals surface area contributed by atoms with Crippen molar-refractivity contribution in [2.24, 2.45) is 0 Å². The van der Waals surface area contributed by atoms with Crippen molar-refractivity contribution in [1.29, 1.82) is 0 Å². The Labute approximate surface area is 169 Å². The minimum atomic E-state index is -3.75. The Morgan fingerprint density at radius 2 is 1.79 bits per heavy atom. The molecular weight excluding hydrogens is 393 g/mol. The second-order valence-corrected chi connectivity index (χ2v) is 9.04. The number of para-hydroxylation sites is 1. The van der Waals surface area contributed by atoms with Gasteiger partial charge < -0.3 is 9.88 Å². The number of aromatic amines is 1. The zero-order chi connectivity index (χ0) is 20.4. The van der Waals surface area contributed by atoms with Gasteiger partial charge in [0.2, 0.25) is 15.9 Å². The Balaban J connectivity index is 1.35. The molecule has 1 aliphatic rings. The fraction of sp³-hybridized carbons (Fsp3) is 0.286. The van der Waals surface area contributed by atoms with Gasteiger partial charge in [0.05, 0.1) is 4.90 Å². The summed E-state index contributed by atoms with van der Waals surface area (Å²) in [4.78, 5) is 17.4. The van der Waals surface area contributed by atoms with Gasteiger partial charge in [0, 0.05) is 49.7 Å². The van der Waals surface area contributed by atoms with Gasteiger partial charge in [-0.25, -0.2) is 12.8 Å². The number of nitrogens with one attached hydrogen (secondary N) is 1. The number of rotatable bonds is 5. The summed E-state index contributed by atoms with van der Waals surface area (Å²) in [6, 6.07) is 13.0. The van der Waals surface area contributed by atoms with Gasteiger partial charge in [-0.05, 0) is 36.2 Å². The van der Waals surface area contributed by atoms with E-state index < -0.39 is 15.8 Å². The van der Waals surface area contributed by atoms with Gasteiger partial charge in [-0.3, -0.25) is 4.79 Å². The molecule has 29 heavy (non-hydrogen) atoms. The molecule has 0 saturated carbocycles. The number of H-pyrrole nitrogens is 1. The Morgan fingerprint density at radius 1 is 1.03 bits per heavy atom. The smallest absolute Gasteiger partial charge is 0.243 e. The molecule has 8 heteroatoms. The van der Waals surface area contributed by atoms with Crippen molar-refractivity contribution in [2.45, 2.75) is 17.7 Å². The van der Waals surface area contributed by atoms with Gasteiger partial charge >= 0.3 is 0 Å². The van der Waals surface area contributed by atoms with E-state index in [1.54, 1.807) is 4.90 Å². The number of hydrogen-bond acceptors (Lipinski definition) is 3. The third kappa shape index (κ3) is 4.04. The maximum absolute atomic E-state index is 13.4. The predicted molar refractivity (Wildman–Crippen MR) is 108 cm³/mol. The lowest BCUT2D eigenvalue weighted by molar-refractivity contribution is -0.132. The number of halogens is 1. The summed E-state index contributed by atoms with van der Waals surface area (Å²) < 4.78 is 40.1. The van der Waals surface area contributed by atoms with Crippen molar-refractivity contribution in [3.8, 4) is 0 Å². The van der Waals surface area contributed by atoms with Crippen molar-refractivity contribution < 1.29 is 17.6 Å². The zero-order valence-electron chi connectivity index (χ0n) is 15.8. The van der Waals surface area contributed by atoms with E-state index in [1.165, 1.54) is 22.5 Å². The third-order valence-corrected chi connectivity index (χ3v) is 7.20. The van der Waals surface area contributed by atoms with Crippen LogP contribution in [0.15, 0.2) is 59.6 Å². The van der Waals surface area contributed by atoms with E-state index in [1.807, 2.05) is 30.5 Å². The molecule has 1 fully saturated rings. The predicted octanol–water partition coefficient (Wildman–Crippen LogP) is 2.77. The number of nitrogens with zero attached hydrogens (tertiary/aromatic N) is 2. The minimum absolute atomic E-state index is 0.0121. The topological polar surface area (TPSA) is 73.5 Å². The van der Waals surface area contributed by atoms with E-state index in [-0.39, 0.29) is 23.9 Å². The molecule has 1 saturated heterocycles. The molecule has 0 aliphatic carbocycles. The summed E-state index contributed by atoms with van der Waals surface area (Å²) in [6.07, 6.45) is 2.94. The quantitative estimate of drug-likeness (QED) is 0.696. The van der Waals surface area contributed by atoms with Crippen LogP contribution < -0.4 is 0 Å². The lowest BCUT2D eigenvalue weighted by Crippen LogP contribution is -2.50. The molecular formula is C21H22FN3O3S. The van der Waals surface area contributed by atoms with E-state index in [0.717, 1.165) is 22.5 Å². The van der Waals surface area contributed by atoms with Gasteiger partial charge in [-0.2, -0.15) is 4.31 Å². The van der Waals surface area contributed by atoms with E-state index in [2.05, 4.69) is 4.98 Å². The molecule has 1 N–H and O–H groups in total. The highest BCUT2D eigenvalue weighted by Gasteiger charge is 2.30. The number of benzene rings is 2. The zero-order valence-corrected chi connectivity index (χ0v) is 16.7. The maximum Gasteiger partial charge on any atom is 0.243 e. The van der Waals surface area contributed by atoms with Crippen molar-refractivity contribution in [3.05, 3.63) is 66.1 Å². The first-order chi connectivity index (χ1) is 13.9. The van der Waals surface area contributed by atoms with Crippen LogP contribution in [0.25, 0.3) is 10.9 Å². The van der Waals surface area contributed by atoms with Gasteiger partial charge in [0.25, 0.3) is 0 Å². The van der Waals surface area contributed by atoms with Crippen LogP contribution in [0, 0.1) is 5.82 Å². The first-order valence-corrected chi connectivity index (χ1v) is 11.0. The molecule has 1 aromatic heterocycles. The van der Waals surface area contributed by atoms with Crippen LogP contribution >= 0.6 is 0 Å². The molecule has 2 heterocycles. The maximum atomic E-state index is 13.4. The third-order valence-electron chi connectivity index (χ3n) is 5.31. The minimum Gasteiger partial charge on any atom is -0.361 e. The average molecular weight is 415 g/mol. The SMILES string of the molecule is O=C(CCc1c[nH]c2ccccc12)N1CCN(S(=O)(=O)c2cccc(F)c2)CC1. The number of aryl methyl sites for hydroxylation is 1.